The molecule has 1 heterocycles. The third-order valence-corrected chi connectivity index (χ3v) is 3.22. The Labute approximate surface area is 110 Å². The van der Waals surface area contributed by atoms with E-state index in [4.69, 9.17) is 5.73 Å². The molecular weight excluding hydrogens is 336 g/mol. The minimum atomic E-state index is 0.400. The van der Waals surface area contributed by atoms with Gasteiger partial charge < -0.3 is 11.1 Å². The predicted molar refractivity (Wildman–Crippen MR) is 71.6 cm³/mol. The minimum absolute atomic E-state index is 0.400. The molecule has 0 saturated heterocycles. The van der Waals surface area contributed by atoms with E-state index in [1.165, 1.54) is 0 Å². The molecule has 1 aromatic heterocycles. The fourth-order valence-corrected chi connectivity index (χ4v) is 2.35. The Hall–Kier alpha value is -1.14. The third-order valence-electron chi connectivity index (χ3n) is 1.90. The van der Waals surface area contributed by atoms with Gasteiger partial charge in [-0.25, -0.2) is 0 Å². The summed E-state index contributed by atoms with van der Waals surface area (Å²) in [5.41, 5.74) is 6.36. The Morgan fingerprint density at radius 3 is 2.25 bits per heavy atom. The minimum Gasteiger partial charge on any atom is -0.382 e. The molecule has 2 rings (SSSR count). The van der Waals surface area contributed by atoms with E-state index in [9.17, 15) is 0 Å². The molecule has 0 spiro atoms. The summed E-state index contributed by atoms with van der Waals surface area (Å²) in [6.45, 7) is 0. The number of benzene rings is 1. The number of nitrogen functional groups attached to an aromatic ring is 1. The van der Waals surface area contributed by atoms with Crippen molar-refractivity contribution >= 4 is 49.2 Å². The monoisotopic (exact) mass is 342 g/mol. The molecule has 6 heteroatoms. The van der Waals surface area contributed by atoms with Crippen molar-refractivity contribution in [2.45, 2.75) is 0 Å². The number of rotatable bonds is 2. The van der Waals surface area contributed by atoms with Crippen LogP contribution in [-0.2, 0) is 0 Å². The summed E-state index contributed by atoms with van der Waals surface area (Å²) in [5, 5.41) is 10.8. The molecule has 0 bridgehead atoms. The van der Waals surface area contributed by atoms with Gasteiger partial charge in [0.1, 0.15) is 5.82 Å². The zero-order valence-electron chi connectivity index (χ0n) is 8.11. The Morgan fingerprint density at radius 2 is 1.69 bits per heavy atom. The number of nitrogens with two attached hydrogens (primary N) is 1. The summed E-state index contributed by atoms with van der Waals surface area (Å²) < 4.78 is 1.89. The molecule has 0 radical (unpaired) electrons. The lowest BCUT2D eigenvalue weighted by Crippen LogP contribution is -1.99. The molecule has 3 N–H and O–H groups in total. The average molecular weight is 344 g/mol. The van der Waals surface area contributed by atoms with E-state index in [1.807, 2.05) is 18.2 Å². The quantitative estimate of drug-likeness (QED) is 0.877. The lowest BCUT2D eigenvalue weighted by atomic mass is 10.3. The second-order valence-electron chi connectivity index (χ2n) is 3.07. The van der Waals surface area contributed by atoms with Crippen LogP contribution < -0.4 is 11.1 Å². The smallest absolute Gasteiger partial charge is 0.153 e. The molecule has 4 nitrogen and oxygen atoms in total. The first-order valence-electron chi connectivity index (χ1n) is 4.47. The molecule has 2 aromatic rings. The summed E-state index contributed by atoms with van der Waals surface area (Å²) in [4.78, 5) is 0. The van der Waals surface area contributed by atoms with E-state index in [-0.39, 0.29) is 0 Å². The second kappa shape index (κ2) is 4.80. The maximum atomic E-state index is 5.46. The van der Waals surface area contributed by atoms with Crippen molar-refractivity contribution in [1.82, 2.24) is 10.2 Å². The van der Waals surface area contributed by atoms with Gasteiger partial charge in [-0.15, -0.1) is 10.2 Å². The zero-order valence-corrected chi connectivity index (χ0v) is 11.3. The number of hydrogen-bond acceptors (Lipinski definition) is 4. The Balaban J connectivity index is 2.30. The first kappa shape index (κ1) is 11.3. The summed E-state index contributed by atoms with van der Waals surface area (Å²) in [6.07, 6.45) is 0. The van der Waals surface area contributed by atoms with Gasteiger partial charge in [0.2, 0.25) is 0 Å². The largest absolute Gasteiger partial charge is 0.382 e. The van der Waals surface area contributed by atoms with Gasteiger partial charge in [0.25, 0.3) is 0 Å². The summed E-state index contributed by atoms with van der Waals surface area (Å²) in [7, 11) is 0. The van der Waals surface area contributed by atoms with Crippen molar-refractivity contribution in [2.24, 2.45) is 0 Å². The highest BCUT2D eigenvalue weighted by atomic mass is 79.9. The van der Waals surface area contributed by atoms with Crippen LogP contribution in [0, 0.1) is 0 Å². The molecule has 1 aromatic carbocycles. The van der Waals surface area contributed by atoms with Crippen molar-refractivity contribution < 1.29 is 0 Å². The molecule has 0 fully saturated rings. The van der Waals surface area contributed by atoms with E-state index in [2.05, 4.69) is 47.4 Å². The van der Waals surface area contributed by atoms with Crippen LogP contribution in [0.2, 0.25) is 0 Å². The van der Waals surface area contributed by atoms with Gasteiger partial charge in [0.15, 0.2) is 5.82 Å². The van der Waals surface area contributed by atoms with Gasteiger partial charge in [-0.1, -0.05) is 6.07 Å². The maximum Gasteiger partial charge on any atom is 0.153 e. The van der Waals surface area contributed by atoms with E-state index < -0.39 is 0 Å². The molecule has 0 unspecified atom stereocenters. The number of aromatic nitrogens is 2. The first-order chi connectivity index (χ1) is 7.66. The maximum absolute atomic E-state index is 5.46. The van der Waals surface area contributed by atoms with Gasteiger partial charge in [0, 0.05) is 8.95 Å². The molecule has 0 aliphatic carbocycles. The number of para-hydroxylation sites is 1. The van der Waals surface area contributed by atoms with Gasteiger partial charge in [0.05, 0.1) is 5.69 Å². The lowest BCUT2D eigenvalue weighted by Gasteiger charge is -2.09. The van der Waals surface area contributed by atoms with Crippen LogP contribution in [0.5, 0.6) is 0 Å². The van der Waals surface area contributed by atoms with Crippen LogP contribution in [0.3, 0.4) is 0 Å². The third kappa shape index (κ3) is 2.51. The average Bonchev–Trinajstić information content (AvgIpc) is 2.26. The van der Waals surface area contributed by atoms with Crippen LogP contribution >= 0.6 is 31.9 Å². The number of hydrogen-bond donors (Lipinski definition) is 2. The topological polar surface area (TPSA) is 63.8 Å². The molecule has 0 saturated carbocycles. The lowest BCUT2D eigenvalue weighted by molar-refractivity contribution is 1.05. The number of anilines is 3. The van der Waals surface area contributed by atoms with Gasteiger partial charge >= 0.3 is 0 Å². The fraction of sp³-hybridized carbons (Fsp3) is 0. The molecule has 16 heavy (non-hydrogen) atoms. The Morgan fingerprint density at radius 1 is 1.00 bits per heavy atom. The molecular formula is C10H8Br2N4. The van der Waals surface area contributed by atoms with Crippen LogP contribution in [0.25, 0.3) is 0 Å². The Kier molecular flexibility index (Phi) is 3.40. The van der Waals surface area contributed by atoms with Crippen molar-refractivity contribution in [1.29, 1.82) is 0 Å². The summed E-state index contributed by atoms with van der Waals surface area (Å²) in [6, 6.07) is 9.29. The molecule has 0 atom stereocenters. The molecule has 0 amide bonds. The summed E-state index contributed by atoms with van der Waals surface area (Å²) in [5.74, 6) is 1.04. The van der Waals surface area contributed by atoms with E-state index in [0.29, 0.717) is 11.6 Å². The van der Waals surface area contributed by atoms with Crippen LogP contribution in [0.1, 0.15) is 0 Å². The van der Waals surface area contributed by atoms with E-state index >= 15 is 0 Å². The van der Waals surface area contributed by atoms with Gasteiger partial charge in [-0.3, -0.25) is 0 Å². The van der Waals surface area contributed by atoms with Crippen molar-refractivity contribution in [3.8, 4) is 0 Å². The fourth-order valence-electron chi connectivity index (χ4n) is 1.15. The second-order valence-corrected chi connectivity index (χ2v) is 4.77. The number of halogens is 2. The van der Waals surface area contributed by atoms with Crippen molar-refractivity contribution in [3.05, 3.63) is 39.3 Å². The van der Waals surface area contributed by atoms with E-state index in [1.54, 1.807) is 12.1 Å². The highest BCUT2D eigenvalue weighted by Crippen LogP contribution is 2.32. The first-order valence-corrected chi connectivity index (χ1v) is 6.05. The number of nitrogens with zero attached hydrogens (tertiary/aromatic N) is 2. The molecule has 0 aliphatic rings. The van der Waals surface area contributed by atoms with Gasteiger partial charge in [-0.05, 0) is 56.1 Å². The zero-order chi connectivity index (χ0) is 11.5. The molecule has 82 valence electrons. The van der Waals surface area contributed by atoms with Crippen LogP contribution in [-0.4, -0.2) is 10.2 Å². The highest BCUT2D eigenvalue weighted by molar-refractivity contribution is 9.11. The predicted octanol–water partition coefficient (Wildman–Crippen LogP) is 3.33. The molecule has 0 aliphatic heterocycles. The SMILES string of the molecule is Nc1ccc(Nc2c(Br)cccc2Br)nn1. The van der Waals surface area contributed by atoms with E-state index in [0.717, 1.165) is 14.6 Å². The van der Waals surface area contributed by atoms with Crippen LogP contribution in [0.15, 0.2) is 39.3 Å². The normalized spacial score (nSPS) is 10.1. The highest BCUT2D eigenvalue weighted by Gasteiger charge is 2.05. The Bertz CT molecular complexity index is 478. The van der Waals surface area contributed by atoms with Crippen LogP contribution in [0.4, 0.5) is 17.3 Å². The number of nitrogens with one attached hydrogen (secondary N) is 1. The van der Waals surface area contributed by atoms with Gasteiger partial charge in [-0.2, -0.15) is 0 Å². The van der Waals surface area contributed by atoms with Crippen molar-refractivity contribution in [2.75, 3.05) is 11.1 Å². The standard InChI is InChI=1S/C10H8Br2N4/c11-6-2-1-3-7(12)10(6)14-9-5-4-8(13)15-16-9/h1-5H,(H2,13,15)(H,14,16). The van der Waals surface area contributed by atoms with Crippen molar-refractivity contribution in [3.63, 3.8) is 0 Å². The summed E-state index contributed by atoms with van der Waals surface area (Å²) >= 11 is 6.91.